The molecule has 0 saturated heterocycles. The fourth-order valence-electron chi connectivity index (χ4n) is 2.74. The Kier molecular flexibility index (Phi) is 5.26. The van der Waals surface area contributed by atoms with Crippen LogP contribution >= 0.6 is 11.3 Å². The highest BCUT2D eigenvalue weighted by molar-refractivity contribution is 7.13. The van der Waals surface area contributed by atoms with E-state index in [0.29, 0.717) is 17.0 Å². The Hall–Kier alpha value is -3.23. The number of hydrogen-bond acceptors (Lipinski definition) is 4. The molecule has 0 saturated carbocycles. The van der Waals surface area contributed by atoms with Crippen LogP contribution in [0.4, 0.5) is 0 Å². The maximum absolute atomic E-state index is 10.9. The molecule has 0 amide bonds. The van der Waals surface area contributed by atoms with Crippen molar-refractivity contribution in [3.05, 3.63) is 81.8 Å². The third-order valence-electron chi connectivity index (χ3n) is 4.00. The highest BCUT2D eigenvalue weighted by Crippen LogP contribution is 2.27. The maximum Gasteiger partial charge on any atom is 0.347 e. The lowest BCUT2D eigenvalue weighted by atomic mass is 9.95. The van der Waals surface area contributed by atoms with Crippen molar-refractivity contribution in [1.29, 1.82) is 5.26 Å². The summed E-state index contributed by atoms with van der Waals surface area (Å²) in [5.41, 5.74) is 2.38. The van der Waals surface area contributed by atoms with Crippen LogP contribution < -0.4 is 0 Å². The number of hydrogen-bond donors (Lipinski definition) is 1. The molecule has 0 radical (unpaired) electrons. The number of aromatic carboxylic acids is 1. The summed E-state index contributed by atoms with van der Waals surface area (Å²) < 4.78 is 0. The lowest BCUT2D eigenvalue weighted by molar-refractivity contribution is 0.0702. The van der Waals surface area contributed by atoms with Crippen molar-refractivity contribution in [1.82, 2.24) is 4.98 Å². The van der Waals surface area contributed by atoms with Gasteiger partial charge in [-0.1, -0.05) is 48.6 Å². The van der Waals surface area contributed by atoms with Crippen LogP contribution in [0.1, 0.15) is 27.2 Å². The predicted octanol–water partition coefficient (Wildman–Crippen LogP) is 5.09. The highest BCUT2D eigenvalue weighted by Gasteiger charge is 2.10. The summed E-state index contributed by atoms with van der Waals surface area (Å²) in [5, 5.41) is 21.5. The molecule has 1 N–H and O–H groups in total. The van der Waals surface area contributed by atoms with E-state index in [0.717, 1.165) is 33.2 Å². The van der Waals surface area contributed by atoms with Crippen molar-refractivity contribution in [3.63, 3.8) is 0 Å². The van der Waals surface area contributed by atoms with E-state index in [1.54, 1.807) is 6.08 Å². The molecule has 0 bridgehead atoms. The molecular formula is C21H16N2O2S. The summed E-state index contributed by atoms with van der Waals surface area (Å²) >= 11 is 1.13. The zero-order valence-electron chi connectivity index (χ0n) is 14.1. The highest BCUT2D eigenvalue weighted by atomic mass is 32.1. The van der Waals surface area contributed by atoms with Crippen LogP contribution in [0, 0.1) is 11.3 Å². The summed E-state index contributed by atoms with van der Waals surface area (Å²) in [6, 6.07) is 16.5. The fraction of sp³-hybridized carbons (Fsp3) is 0.0952. The van der Waals surface area contributed by atoms with Gasteiger partial charge in [-0.25, -0.2) is 9.78 Å². The second-order valence-electron chi connectivity index (χ2n) is 5.62. The molecule has 4 nitrogen and oxygen atoms in total. The maximum atomic E-state index is 10.9. The number of allylic oxidation sites excluding steroid dienone is 4. The number of nitriles is 1. The molecule has 0 aliphatic carbocycles. The Morgan fingerprint density at radius 2 is 2.04 bits per heavy atom. The molecule has 3 aromatic rings. The minimum atomic E-state index is -0.983. The van der Waals surface area contributed by atoms with Crippen LogP contribution in [0.2, 0.25) is 0 Å². The standard InChI is InChI=1S/C21H16N2O2S/c1-2-18(16-8-7-14-5-3-4-6-15(14)11-16)17(12-22)9-10-20-23-13-19(26-20)21(24)25/h2-9,11,13H,10H2,1H3,(H,24,25)/b17-9-,18-2-. The molecule has 128 valence electrons. The molecule has 0 spiro atoms. The Labute approximate surface area is 155 Å². The van der Waals surface area contributed by atoms with E-state index in [9.17, 15) is 10.1 Å². The van der Waals surface area contributed by atoms with Gasteiger partial charge < -0.3 is 5.11 Å². The molecule has 0 fully saturated rings. The van der Waals surface area contributed by atoms with Gasteiger partial charge in [-0.2, -0.15) is 5.26 Å². The monoisotopic (exact) mass is 360 g/mol. The zero-order chi connectivity index (χ0) is 18.5. The number of aromatic nitrogens is 1. The molecule has 0 atom stereocenters. The summed E-state index contributed by atoms with van der Waals surface area (Å²) in [7, 11) is 0. The minimum absolute atomic E-state index is 0.202. The Morgan fingerprint density at radius 1 is 1.27 bits per heavy atom. The van der Waals surface area contributed by atoms with Gasteiger partial charge in [-0.3, -0.25) is 0 Å². The molecule has 5 heteroatoms. The van der Waals surface area contributed by atoms with Gasteiger partial charge in [0.2, 0.25) is 0 Å². The molecule has 2 aromatic carbocycles. The SMILES string of the molecule is C/C=C(\C(C#N)=C/Cc1ncc(C(=O)O)s1)c1ccc2ccccc2c1. The summed E-state index contributed by atoms with van der Waals surface area (Å²) in [4.78, 5) is 15.3. The fourth-order valence-corrected chi connectivity index (χ4v) is 3.46. The van der Waals surface area contributed by atoms with Crippen LogP contribution in [0.25, 0.3) is 16.3 Å². The predicted molar refractivity (Wildman–Crippen MR) is 104 cm³/mol. The van der Waals surface area contributed by atoms with E-state index in [1.165, 1.54) is 6.20 Å². The second-order valence-corrected chi connectivity index (χ2v) is 6.74. The van der Waals surface area contributed by atoms with Crippen molar-refractivity contribution in [2.75, 3.05) is 0 Å². The minimum Gasteiger partial charge on any atom is -0.477 e. The van der Waals surface area contributed by atoms with Gasteiger partial charge in [0.05, 0.1) is 22.8 Å². The van der Waals surface area contributed by atoms with Crippen molar-refractivity contribution in [2.24, 2.45) is 0 Å². The number of carboxylic acid groups (broad SMARTS) is 1. The Balaban J connectivity index is 1.90. The number of carboxylic acids is 1. The topological polar surface area (TPSA) is 74.0 Å². The molecular weight excluding hydrogens is 344 g/mol. The van der Waals surface area contributed by atoms with Crippen molar-refractivity contribution in [2.45, 2.75) is 13.3 Å². The molecule has 1 aromatic heterocycles. The van der Waals surface area contributed by atoms with Gasteiger partial charge in [0.15, 0.2) is 0 Å². The van der Waals surface area contributed by atoms with Crippen LogP contribution in [0.15, 0.2) is 66.4 Å². The van der Waals surface area contributed by atoms with Crippen LogP contribution in [-0.4, -0.2) is 16.1 Å². The molecule has 0 aliphatic rings. The first-order chi connectivity index (χ1) is 12.6. The second kappa shape index (κ2) is 7.77. The van der Waals surface area contributed by atoms with E-state index >= 15 is 0 Å². The summed E-state index contributed by atoms with van der Waals surface area (Å²) in [6.45, 7) is 1.90. The van der Waals surface area contributed by atoms with E-state index in [1.807, 2.05) is 43.3 Å². The third-order valence-corrected chi connectivity index (χ3v) is 5.01. The lowest BCUT2D eigenvalue weighted by Gasteiger charge is -2.08. The van der Waals surface area contributed by atoms with Crippen LogP contribution in [0.5, 0.6) is 0 Å². The van der Waals surface area contributed by atoms with Crippen molar-refractivity contribution in [3.8, 4) is 6.07 Å². The largest absolute Gasteiger partial charge is 0.477 e. The molecule has 1 heterocycles. The number of rotatable bonds is 5. The van der Waals surface area contributed by atoms with Gasteiger partial charge in [0, 0.05) is 6.42 Å². The number of benzene rings is 2. The third kappa shape index (κ3) is 3.71. The molecule has 26 heavy (non-hydrogen) atoms. The van der Waals surface area contributed by atoms with Crippen LogP contribution in [0.3, 0.4) is 0 Å². The van der Waals surface area contributed by atoms with Crippen molar-refractivity contribution >= 4 is 33.7 Å². The first kappa shape index (κ1) is 17.6. The van der Waals surface area contributed by atoms with Gasteiger partial charge >= 0.3 is 5.97 Å². The number of carbonyl (C=O) groups is 1. The summed E-state index contributed by atoms with van der Waals surface area (Å²) in [6.07, 6.45) is 5.49. The van der Waals surface area contributed by atoms with Gasteiger partial charge in [0.25, 0.3) is 0 Å². The quantitative estimate of drug-likeness (QED) is 0.508. The Bertz CT molecular complexity index is 1070. The van der Waals surface area contributed by atoms with E-state index in [2.05, 4.69) is 23.2 Å². The average Bonchev–Trinajstić information content (AvgIpc) is 3.14. The molecule has 0 unspecified atom stereocenters. The van der Waals surface area contributed by atoms with Gasteiger partial charge in [-0.05, 0) is 34.9 Å². The molecule has 3 rings (SSSR count). The van der Waals surface area contributed by atoms with Gasteiger partial charge in [0.1, 0.15) is 4.88 Å². The van der Waals surface area contributed by atoms with E-state index < -0.39 is 5.97 Å². The average molecular weight is 360 g/mol. The first-order valence-electron chi connectivity index (χ1n) is 8.06. The van der Waals surface area contributed by atoms with E-state index in [-0.39, 0.29) is 4.88 Å². The summed E-state index contributed by atoms with van der Waals surface area (Å²) in [5.74, 6) is -0.983. The Morgan fingerprint density at radius 3 is 2.69 bits per heavy atom. The smallest absolute Gasteiger partial charge is 0.347 e. The van der Waals surface area contributed by atoms with Gasteiger partial charge in [-0.15, -0.1) is 11.3 Å². The number of fused-ring (bicyclic) bond motifs is 1. The first-order valence-corrected chi connectivity index (χ1v) is 8.88. The number of thiazole rings is 1. The number of nitrogens with zero attached hydrogens (tertiary/aromatic N) is 2. The van der Waals surface area contributed by atoms with Crippen LogP contribution in [-0.2, 0) is 6.42 Å². The zero-order valence-corrected chi connectivity index (χ0v) is 15.0. The van der Waals surface area contributed by atoms with Crippen molar-refractivity contribution < 1.29 is 9.90 Å². The van der Waals surface area contributed by atoms with E-state index in [4.69, 9.17) is 5.11 Å². The lowest BCUT2D eigenvalue weighted by Crippen LogP contribution is -1.90. The normalized spacial score (nSPS) is 12.2. The molecule has 0 aliphatic heterocycles.